The van der Waals surface area contributed by atoms with E-state index in [0.717, 1.165) is 17.3 Å². The van der Waals surface area contributed by atoms with Gasteiger partial charge in [0.15, 0.2) is 5.82 Å². The van der Waals surface area contributed by atoms with Gasteiger partial charge in [0, 0.05) is 42.0 Å². The van der Waals surface area contributed by atoms with Crippen molar-refractivity contribution < 1.29 is 9.13 Å². The number of fused-ring (bicyclic) bond motifs is 3. The van der Waals surface area contributed by atoms with Crippen LogP contribution in [-0.4, -0.2) is 36.4 Å². The fourth-order valence-electron chi connectivity index (χ4n) is 3.83. The molecule has 4 aromatic heterocycles. The quantitative estimate of drug-likeness (QED) is 0.499. The molecule has 0 radical (unpaired) electrons. The molecule has 0 aliphatic rings. The molecule has 0 saturated carbocycles. The molecule has 0 atom stereocenters. The lowest BCUT2D eigenvalue weighted by atomic mass is 10.0. The summed E-state index contributed by atoms with van der Waals surface area (Å²) in [6.07, 6.45) is 7.69. The number of methoxy groups -OCH3 is 1. The molecule has 4 heterocycles. The zero-order valence-corrected chi connectivity index (χ0v) is 16.5. The lowest BCUT2D eigenvalue weighted by Crippen LogP contribution is -2.22. The normalized spacial score (nSPS) is 11.5. The first-order chi connectivity index (χ1) is 14.5. The van der Waals surface area contributed by atoms with Gasteiger partial charge in [-0.25, -0.2) is 9.18 Å². The maximum atomic E-state index is 14.8. The number of hydrogen-bond donors (Lipinski definition) is 1. The number of benzene rings is 1. The standard InChI is InChI=1S/C21H17FN6O2/c1-11-6-23-9-15(22)19(11)28-20-14-4-13(12-7-25-26-8-12)18(30-3)5-16(14)24-10-17(20)27(2)21(28)29/h4-10H,1-3H3,(H,25,26). The fraction of sp³-hybridized carbons (Fsp3) is 0.143. The molecule has 5 rings (SSSR count). The van der Waals surface area contributed by atoms with Crippen LogP contribution in [-0.2, 0) is 7.05 Å². The second-order valence-corrected chi connectivity index (χ2v) is 7.01. The minimum absolute atomic E-state index is 0.175. The Morgan fingerprint density at radius 3 is 2.70 bits per heavy atom. The molecule has 0 bridgehead atoms. The molecule has 8 nitrogen and oxygen atoms in total. The molecule has 9 heteroatoms. The number of hydrogen-bond acceptors (Lipinski definition) is 5. The number of ether oxygens (including phenoxy) is 1. The summed E-state index contributed by atoms with van der Waals surface area (Å²) in [5.74, 6) is 0.0463. The average molecular weight is 404 g/mol. The van der Waals surface area contributed by atoms with Crippen molar-refractivity contribution in [1.82, 2.24) is 29.3 Å². The summed E-state index contributed by atoms with van der Waals surface area (Å²) in [4.78, 5) is 21.5. The van der Waals surface area contributed by atoms with Crippen LogP contribution < -0.4 is 10.4 Å². The number of aromatic nitrogens is 6. The van der Waals surface area contributed by atoms with E-state index in [4.69, 9.17) is 4.74 Å². The Kier molecular flexibility index (Phi) is 3.92. The van der Waals surface area contributed by atoms with Gasteiger partial charge < -0.3 is 4.74 Å². The first-order valence-corrected chi connectivity index (χ1v) is 9.19. The van der Waals surface area contributed by atoms with Crippen molar-refractivity contribution in [2.75, 3.05) is 7.11 Å². The summed E-state index contributed by atoms with van der Waals surface area (Å²) >= 11 is 0. The van der Waals surface area contributed by atoms with Crippen molar-refractivity contribution >= 4 is 21.9 Å². The number of nitrogens with zero attached hydrogens (tertiary/aromatic N) is 5. The van der Waals surface area contributed by atoms with Crippen LogP contribution in [0.2, 0.25) is 0 Å². The number of aryl methyl sites for hydroxylation is 2. The van der Waals surface area contributed by atoms with Gasteiger partial charge in [-0.05, 0) is 18.6 Å². The Morgan fingerprint density at radius 2 is 2.00 bits per heavy atom. The molecular formula is C21H17FN6O2. The minimum atomic E-state index is -0.571. The highest BCUT2D eigenvalue weighted by Crippen LogP contribution is 2.36. The van der Waals surface area contributed by atoms with Crippen molar-refractivity contribution in [3.05, 3.63) is 65.0 Å². The molecule has 0 fully saturated rings. The molecule has 1 N–H and O–H groups in total. The van der Waals surface area contributed by atoms with Crippen molar-refractivity contribution in [2.45, 2.75) is 6.92 Å². The van der Waals surface area contributed by atoms with Crippen molar-refractivity contribution in [3.8, 4) is 22.6 Å². The predicted octanol–water partition coefficient (Wildman–Crippen LogP) is 3.12. The number of aromatic amines is 1. The number of rotatable bonds is 3. The average Bonchev–Trinajstić information content (AvgIpc) is 3.36. The van der Waals surface area contributed by atoms with Gasteiger partial charge in [0.25, 0.3) is 0 Å². The summed E-state index contributed by atoms with van der Waals surface area (Å²) in [7, 11) is 3.22. The van der Waals surface area contributed by atoms with Crippen LogP contribution in [0.4, 0.5) is 4.39 Å². The highest BCUT2D eigenvalue weighted by atomic mass is 19.1. The van der Waals surface area contributed by atoms with Crippen molar-refractivity contribution in [3.63, 3.8) is 0 Å². The molecule has 0 amide bonds. The Labute approximate surface area is 169 Å². The Hall–Kier alpha value is -4.01. The number of nitrogens with one attached hydrogen (secondary N) is 1. The Bertz CT molecular complexity index is 1460. The van der Waals surface area contributed by atoms with Crippen LogP contribution in [0.25, 0.3) is 38.8 Å². The lowest BCUT2D eigenvalue weighted by Gasteiger charge is -2.12. The molecular weight excluding hydrogens is 387 g/mol. The SMILES string of the molecule is COc1cc2ncc3c(c2cc1-c1cn[nH]c1)n(-c1c(C)cncc1F)c(=O)n3C. The first-order valence-electron chi connectivity index (χ1n) is 9.19. The van der Waals surface area contributed by atoms with Crippen LogP contribution in [0, 0.1) is 12.7 Å². The number of halogens is 1. The molecule has 0 aliphatic carbocycles. The topological polar surface area (TPSA) is 90.6 Å². The molecule has 1 aromatic carbocycles. The van der Waals surface area contributed by atoms with Gasteiger partial charge >= 0.3 is 5.69 Å². The molecule has 0 spiro atoms. The number of imidazole rings is 1. The summed E-state index contributed by atoms with van der Waals surface area (Å²) < 4.78 is 23.2. The fourth-order valence-corrected chi connectivity index (χ4v) is 3.83. The van der Waals surface area contributed by atoms with E-state index in [9.17, 15) is 9.18 Å². The second-order valence-electron chi connectivity index (χ2n) is 7.01. The smallest absolute Gasteiger partial charge is 0.333 e. The second kappa shape index (κ2) is 6.51. The maximum absolute atomic E-state index is 14.8. The largest absolute Gasteiger partial charge is 0.496 e. The predicted molar refractivity (Wildman–Crippen MR) is 110 cm³/mol. The van der Waals surface area contributed by atoms with Crippen molar-refractivity contribution in [2.24, 2.45) is 7.05 Å². The van der Waals surface area contributed by atoms with Gasteiger partial charge in [-0.1, -0.05) is 0 Å². The summed E-state index contributed by atoms with van der Waals surface area (Å²) in [5.41, 5.74) is 3.74. The zero-order chi connectivity index (χ0) is 21.0. The van der Waals surface area contributed by atoms with E-state index in [0.29, 0.717) is 33.2 Å². The Balaban J connectivity index is 1.98. The van der Waals surface area contributed by atoms with E-state index in [2.05, 4.69) is 20.2 Å². The zero-order valence-electron chi connectivity index (χ0n) is 16.5. The first kappa shape index (κ1) is 18.0. The molecule has 5 aromatic rings. The third kappa shape index (κ3) is 2.45. The highest BCUT2D eigenvalue weighted by molar-refractivity contribution is 6.05. The van der Waals surface area contributed by atoms with Crippen LogP contribution in [0.1, 0.15) is 5.56 Å². The van der Waals surface area contributed by atoms with Crippen LogP contribution >= 0.6 is 0 Å². The van der Waals surface area contributed by atoms with E-state index in [-0.39, 0.29) is 11.4 Å². The van der Waals surface area contributed by atoms with Gasteiger partial charge in [0.2, 0.25) is 0 Å². The van der Waals surface area contributed by atoms with Gasteiger partial charge in [0.05, 0.1) is 47.9 Å². The van der Waals surface area contributed by atoms with Gasteiger partial charge in [-0.3, -0.25) is 24.2 Å². The molecule has 0 unspecified atom stereocenters. The van der Waals surface area contributed by atoms with Crippen molar-refractivity contribution in [1.29, 1.82) is 0 Å². The van der Waals surface area contributed by atoms with Gasteiger partial charge in [-0.2, -0.15) is 5.10 Å². The maximum Gasteiger partial charge on any atom is 0.333 e. The third-order valence-corrected chi connectivity index (χ3v) is 5.29. The molecule has 0 aliphatic heterocycles. The molecule has 0 saturated heterocycles. The summed E-state index contributed by atoms with van der Waals surface area (Å²) in [6, 6.07) is 3.69. The van der Waals surface area contributed by atoms with Crippen LogP contribution in [0.5, 0.6) is 5.75 Å². The monoisotopic (exact) mass is 404 g/mol. The number of pyridine rings is 2. The highest BCUT2D eigenvalue weighted by Gasteiger charge is 2.21. The van der Waals surface area contributed by atoms with E-state index in [1.807, 2.05) is 6.07 Å². The van der Waals surface area contributed by atoms with E-state index >= 15 is 0 Å². The van der Waals surface area contributed by atoms with Gasteiger partial charge in [0.1, 0.15) is 5.75 Å². The molecule has 30 heavy (non-hydrogen) atoms. The van der Waals surface area contributed by atoms with E-state index in [1.165, 1.54) is 15.3 Å². The minimum Gasteiger partial charge on any atom is -0.496 e. The van der Waals surface area contributed by atoms with Crippen LogP contribution in [0.15, 0.2) is 47.9 Å². The number of H-pyrrole nitrogens is 1. The third-order valence-electron chi connectivity index (χ3n) is 5.29. The lowest BCUT2D eigenvalue weighted by molar-refractivity contribution is 0.417. The summed E-state index contributed by atoms with van der Waals surface area (Å²) in [5, 5.41) is 7.50. The Morgan fingerprint density at radius 1 is 1.17 bits per heavy atom. The van der Waals surface area contributed by atoms with E-state index < -0.39 is 5.82 Å². The van der Waals surface area contributed by atoms with Gasteiger partial charge in [-0.15, -0.1) is 0 Å². The van der Waals surface area contributed by atoms with E-state index in [1.54, 1.807) is 45.7 Å². The molecule has 150 valence electrons. The van der Waals surface area contributed by atoms with Crippen LogP contribution in [0.3, 0.4) is 0 Å². The summed E-state index contributed by atoms with van der Waals surface area (Å²) in [6.45, 7) is 1.72.